The molecule has 0 aliphatic carbocycles. The van der Waals surface area contributed by atoms with Crippen LogP contribution in [0.3, 0.4) is 0 Å². The minimum atomic E-state index is -3.77. The molecular formula is C27H23BrN8O2S. The van der Waals surface area contributed by atoms with Gasteiger partial charge in [-0.2, -0.15) is 0 Å². The molecule has 0 saturated carbocycles. The van der Waals surface area contributed by atoms with Gasteiger partial charge in [0.1, 0.15) is 45.3 Å². The molecule has 5 rings (SSSR count). The third-order valence-electron chi connectivity index (χ3n) is 5.30. The van der Waals surface area contributed by atoms with Gasteiger partial charge < -0.3 is 16.0 Å². The van der Waals surface area contributed by atoms with Gasteiger partial charge >= 0.3 is 0 Å². The fourth-order valence-corrected chi connectivity index (χ4v) is 4.84. The number of halogens is 1. The molecule has 0 saturated heterocycles. The van der Waals surface area contributed by atoms with E-state index in [1.807, 2.05) is 55.5 Å². The quantitative estimate of drug-likeness (QED) is 0.142. The number of nitrogens with one attached hydrogen (secondary N) is 4. The fourth-order valence-electron chi connectivity index (χ4n) is 3.49. The molecule has 0 spiro atoms. The molecule has 12 heteroatoms. The van der Waals surface area contributed by atoms with Crippen LogP contribution >= 0.6 is 15.9 Å². The number of pyridine rings is 4. The highest BCUT2D eigenvalue weighted by atomic mass is 79.9. The number of benzene rings is 1. The minimum absolute atomic E-state index is 0.162. The molecule has 4 heterocycles. The van der Waals surface area contributed by atoms with Crippen LogP contribution in [-0.2, 0) is 10.0 Å². The first kappa shape index (κ1) is 26.1. The van der Waals surface area contributed by atoms with Gasteiger partial charge in [0.05, 0.1) is 4.90 Å². The summed E-state index contributed by atoms with van der Waals surface area (Å²) in [4.78, 5) is 18.0. The van der Waals surface area contributed by atoms with Crippen LogP contribution in [0.25, 0.3) is 0 Å². The van der Waals surface area contributed by atoms with Gasteiger partial charge in [0.2, 0.25) is 0 Å². The van der Waals surface area contributed by atoms with Crippen LogP contribution in [0.4, 0.5) is 40.7 Å². The first-order valence-electron chi connectivity index (χ1n) is 11.8. The molecule has 0 radical (unpaired) electrons. The minimum Gasteiger partial charge on any atom is -0.325 e. The maximum absolute atomic E-state index is 12.7. The zero-order chi connectivity index (χ0) is 27.2. The van der Waals surface area contributed by atoms with E-state index < -0.39 is 10.0 Å². The summed E-state index contributed by atoms with van der Waals surface area (Å²) < 4.78 is 28.7. The van der Waals surface area contributed by atoms with E-state index in [1.165, 1.54) is 0 Å². The molecule has 5 aromatic rings. The monoisotopic (exact) mass is 602 g/mol. The lowest BCUT2D eigenvalue weighted by atomic mass is 10.2. The van der Waals surface area contributed by atoms with Crippen molar-refractivity contribution >= 4 is 66.7 Å². The highest BCUT2D eigenvalue weighted by molar-refractivity contribution is 9.10. The number of rotatable bonds is 9. The van der Waals surface area contributed by atoms with Gasteiger partial charge in [0.15, 0.2) is 0 Å². The summed E-state index contributed by atoms with van der Waals surface area (Å²) in [5.74, 6) is 3.55. The predicted octanol–water partition coefficient (Wildman–Crippen LogP) is 6.37. The number of nitrogens with zero attached hydrogens (tertiary/aromatic N) is 4. The molecular weight excluding hydrogens is 580 g/mol. The molecule has 0 aliphatic rings. The van der Waals surface area contributed by atoms with Gasteiger partial charge in [0.25, 0.3) is 10.0 Å². The second-order valence-corrected chi connectivity index (χ2v) is 10.9. The summed E-state index contributed by atoms with van der Waals surface area (Å²) in [6.45, 7) is 1.90. The summed E-state index contributed by atoms with van der Waals surface area (Å²) in [6, 6.07) is 28.1. The van der Waals surface area contributed by atoms with E-state index in [0.29, 0.717) is 34.9 Å². The van der Waals surface area contributed by atoms with Crippen molar-refractivity contribution < 1.29 is 8.42 Å². The van der Waals surface area contributed by atoms with Crippen molar-refractivity contribution in [1.82, 2.24) is 19.9 Å². The Kier molecular flexibility index (Phi) is 7.66. The lowest BCUT2D eigenvalue weighted by molar-refractivity contribution is 0.601. The average Bonchev–Trinajstić information content (AvgIpc) is 2.89. The zero-order valence-corrected chi connectivity index (χ0v) is 23.0. The van der Waals surface area contributed by atoms with Crippen LogP contribution in [0.5, 0.6) is 0 Å². The van der Waals surface area contributed by atoms with Gasteiger partial charge in [-0.05, 0) is 83.5 Å². The summed E-state index contributed by atoms with van der Waals surface area (Å²) in [5.41, 5.74) is 0.973. The molecule has 0 fully saturated rings. The van der Waals surface area contributed by atoms with Gasteiger partial charge in [-0.15, -0.1) is 0 Å². The van der Waals surface area contributed by atoms with E-state index in [2.05, 4.69) is 56.5 Å². The van der Waals surface area contributed by atoms with Crippen LogP contribution < -0.4 is 20.7 Å². The van der Waals surface area contributed by atoms with Gasteiger partial charge in [-0.3, -0.25) is 4.72 Å². The Bertz CT molecular complexity index is 1720. The first-order chi connectivity index (χ1) is 18.8. The topological polar surface area (TPSA) is 134 Å². The van der Waals surface area contributed by atoms with Crippen molar-refractivity contribution in [1.29, 1.82) is 0 Å². The van der Waals surface area contributed by atoms with Crippen molar-refractivity contribution in [2.45, 2.75) is 11.8 Å². The summed E-state index contributed by atoms with van der Waals surface area (Å²) in [7, 11) is -3.77. The van der Waals surface area contributed by atoms with Gasteiger partial charge in [-0.1, -0.05) is 42.0 Å². The lowest BCUT2D eigenvalue weighted by Gasteiger charge is -2.11. The second-order valence-electron chi connectivity index (χ2n) is 8.36. The van der Waals surface area contributed by atoms with Crippen molar-refractivity contribution in [2.75, 3.05) is 20.7 Å². The Morgan fingerprint density at radius 3 is 1.38 bits per heavy atom. The van der Waals surface area contributed by atoms with Crippen molar-refractivity contribution in [3.63, 3.8) is 0 Å². The molecule has 0 unspecified atom stereocenters. The maximum Gasteiger partial charge on any atom is 0.263 e. The summed E-state index contributed by atoms with van der Waals surface area (Å²) in [5, 5.41) is 9.47. The third-order valence-corrected chi connectivity index (χ3v) is 7.11. The summed E-state index contributed by atoms with van der Waals surface area (Å²) >= 11 is 3.36. The Balaban J connectivity index is 1.27. The smallest absolute Gasteiger partial charge is 0.263 e. The maximum atomic E-state index is 12.7. The molecule has 39 heavy (non-hydrogen) atoms. The molecule has 0 atom stereocenters. The Morgan fingerprint density at radius 1 is 0.538 bits per heavy atom. The number of sulfonamides is 1. The molecule has 4 N–H and O–H groups in total. The normalized spacial score (nSPS) is 11.0. The number of hydrogen-bond acceptors (Lipinski definition) is 9. The molecule has 4 aromatic heterocycles. The van der Waals surface area contributed by atoms with Crippen LogP contribution in [0.1, 0.15) is 5.56 Å². The molecule has 196 valence electrons. The highest BCUT2D eigenvalue weighted by Gasteiger charge is 2.15. The van der Waals surface area contributed by atoms with Crippen LogP contribution in [-0.4, -0.2) is 28.4 Å². The van der Waals surface area contributed by atoms with E-state index in [0.717, 1.165) is 10.2 Å². The SMILES string of the molecule is Cc1ccc(S(=O)(=O)Nc2cccc(Nc3cccc(Nc4cccc(Nc5cccc(Br)n5)n4)n3)n2)cc1. The van der Waals surface area contributed by atoms with E-state index in [1.54, 1.807) is 48.5 Å². The van der Waals surface area contributed by atoms with Crippen LogP contribution in [0.15, 0.2) is 107 Å². The summed E-state index contributed by atoms with van der Waals surface area (Å²) in [6.07, 6.45) is 0. The molecule has 0 amide bonds. The largest absolute Gasteiger partial charge is 0.325 e. The number of anilines is 7. The third kappa shape index (κ3) is 7.06. The zero-order valence-electron chi connectivity index (χ0n) is 20.6. The number of aryl methyl sites for hydroxylation is 1. The molecule has 0 bridgehead atoms. The van der Waals surface area contributed by atoms with Crippen molar-refractivity contribution in [3.8, 4) is 0 Å². The van der Waals surface area contributed by atoms with Crippen molar-refractivity contribution in [3.05, 3.63) is 107 Å². The van der Waals surface area contributed by atoms with E-state index >= 15 is 0 Å². The first-order valence-corrected chi connectivity index (χ1v) is 14.0. The Hall–Kier alpha value is -4.55. The second kappa shape index (κ2) is 11.5. The molecule has 0 aliphatic heterocycles. The predicted molar refractivity (Wildman–Crippen MR) is 156 cm³/mol. The van der Waals surface area contributed by atoms with E-state index in [4.69, 9.17) is 0 Å². The molecule has 1 aromatic carbocycles. The lowest BCUT2D eigenvalue weighted by Crippen LogP contribution is -2.14. The van der Waals surface area contributed by atoms with Gasteiger partial charge in [0, 0.05) is 0 Å². The van der Waals surface area contributed by atoms with E-state index in [9.17, 15) is 8.42 Å². The Labute approximate surface area is 234 Å². The van der Waals surface area contributed by atoms with Crippen molar-refractivity contribution in [2.24, 2.45) is 0 Å². The number of aromatic nitrogens is 4. The average molecular weight is 604 g/mol. The van der Waals surface area contributed by atoms with Gasteiger partial charge in [-0.25, -0.2) is 28.4 Å². The number of hydrogen-bond donors (Lipinski definition) is 4. The van der Waals surface area contributed by atoms with E-state index in [-0.39, 0.29) is 10.7 Å². The molecule has 10 nitrogen and oxygen atoms in total. The highest BCUT2D eigenvalue weighted by Crippen LogP contribution is 2.22. The standard InChI is InChI=1S/C27H23BrN8O2S/c1-18-14-16-19(17-15-18)39(37,38)36-27-13-5-12-26(35-27)34-25-11-4-10-24(33-25)32-23-9-3-8-22(31-23)30-21-7-2-6-20(28)29-21/h2-17H,1H3,(H4,29,30,31,32,33,34,35,36). The van der Waals surface area contributed by atoms with Crippen LogP contribution in [0, 0.1) is 6.92 Å². The van der Waals surface area contributed by atoms with Crippen LogP contribution in [0.2, 0.25) is 0 Å². The fraction of sp³-hybridized carbons (Fsp3) is 0.0370. The Morgan fingerprint density at radius 2 is 0.923 bits per heavy atom.